The lowest BCUT2D eigenvalue weighted by Crippen LogP contribution is -2.36. The number of carbonyl (C=O) groups is 2. The Balaban J connectivity index is 1.51. The van der Waals surface area contributed by atoms with Gasteiger partial charge in [0.05, 0.1) is 35.7 Å². The third-order valence-electron chi connectivity index (χ3n) is 5.14. The van der Waals surface area contributed by atoms with E-state index in [0.717, 1.165) is 50.4 Å². The Hall–Kier alpha value is -2.93. The van der Waals surface area contributed by atoms with Crippen LogP contribution in [0.3, 0.4) is 0 Å². The Kier molecular flexibility index (Phi) is 5.53. The van der Waals surface area contributed by atoms with Crippen molar-refractivity contribution in [3.05, 3.63) is 53.9 Å². The first-order chi connectivity index (χ1) is 13.7. The minimum absolute atomic E-state index is 0.0617. The first-order valence-electron chi connectivity index (χ1n) is 9.70. The van der Waals surface area contributed by atoms with Crippen LogP contribution in [-0.2, 0) is 4.74 Å². The van der Waals surface area contributed by atoms with Crippen LogP contribution in [-0.4, -0.2) is 61.1 Å². The highest BCUT2D eigenvalue weighted by atomic mass is 16.5. The van der Waals surface area contributed by atoms with Gasteiger partial charge in [-0.25, -0.2) is 0 Å². The Morgan fingerprint density at radius 2 is 1.68 bits per heavy atom. The van der Waals surface area contributed by atoms with Gasteiger partial charge in [-0.15, -0.1) is 0 Å². The van der Waals surface area contributed by atoms with Crippen molar-refractivity contribution >= 4 is 23.2 Å². The zero-order valence-electron chi connectivity index (χ0n) is 15.8. The van der Waals surface area contributed by atoms with Crippen LogP contribution < -0.4 is 10.2 Å². The molecule has 2 fully saturated rings. The van der Waals surface area contributed by atoms with Gasteiger partial charge in [0.1, 0.15) is 0 Å². The smallest absolute Gasteiger partial charge is 0.257 e. The summed E-state index contributed by atoms with van der Waals surface area (Å²) in [5.41, 5.74) is 2.54. The summed E-state index contributed by atoms with van der Waals surface area (Å²) in [7, 11) is 0. The molecule has 0 bridgehead atoms. The second kappa shape index (κ2) is 8.39. The van der Waals surface area contributed by atoms with E-state index in [0.29, 0.717) is 24.3 Å². The number of anilines is 2. The molecule has 0 saturated carbocycles. The number of benzene rings is 1. The van der Waals surface area contributed by atoms with E-state index in [1.165, 1.54) is 12.4 Å². The summed E-state index contributed by atoms with van der Waals surface area (Å²) in [5, 5.41) is 2.97. The lowest BCUT2D eigenvalue weighted by Gasteiger charge is -2.30. The average molecular weight is 380 g/mol. The number of rotatable bonds is 4. The number of para-hydroxylation sites is 2. The molecule has 4 rings (SSSR count). The first-order valence-corrected chi connectivity index (χ1v) is 9.70. The summed E-state index contributed by atoms with van der Waals surface area (Å²) in [5.74, 6) is -0.336. The predicted octanol–water partition coefficient (Wildman–Crippen LogP) is 2.41. The van der Waals surface area contributed by atoms with Crippen molar-refractivity contribution in [2.24, 2.45) is 0 Å². The SMILES string of the molecule is O=C(Nc1ccccc1N1CCOCC1)c1cncc(C(=O)N2CCCC2)c1. The molecule has 2 aliphatic heterocycles. The minimum atomic E-state index is -0.274. The molecule has 2 aromatic rings. The van der Waals surface area contributed by atoms with Gasteiger partial charge in [-0.05, 0) is 31.0 Å². The summed E-state index contributed by atoms with van der Waals surface area (Å²) >= 11 is 0. The van der Waals surface area contributed by atoms with Crippen LogP contribution in [0.4, 0.5) is 11.4 Å². The van der Waals surface area contributed by atoms with Crippen molar-refractivity contribution in [3.63, 3.8) is 0 Å². The number of nitrogens with zero attached hydrogens (tertiary/aromatic N) is 3. The maximum Gasteiger partial charge on any atom is 0.257 e. The molecule has 1 aromatic heterocycles. The van der Waals surface area contributed by atoms with E-state index in [1.54, 1.807) is 6.07 Å². The molecule has 0 spiro atoms. The van der Waals surface area contributed by atoms with Crippen LogP contribution in [0.25, 0.3) is 0 Å². The van der Waals surface area contributed by atoms with E-state index in [4.69, 9.17) is 4.74 Å². The minimum Gasteiger partial charge on any atom is -0.378 e. The molecule has 7 nitrogen and oxygen atoms in total. The van der Waals surface area contributed by atoms with Crippen molar-refractivity contribution in [2.45, 2.75) is 12.8 Å². The number of hydrogen-bond donors (Lipinski definition) is 1. The zero-order valence-corrected chi connectivity index (χ0v) is 15.8. The van der Waals surface area contributed by atoms with Gasteiger partial charge < -0.3 is 19.9 Å². The molecule has 1 aromatic carbocycles. The Labute approximate surface area is 164 Å². The molecule has 0 aliphatic carbocycles. The predicted molar refractivity (Wildman–Crippen MR) is 107 cm³/mol. The van der Waals surface area contributed by atoms with Crippen molar-refractivity contribution in [1.82, 2.24) is 9.88 Å². The van der Waals surface area contributed by atoms with Gasteiger partial charge >= 0.3 is 0 Å². The molecule has 0 radical (unpaired) electrons. The highest BCUT2D eigenvalue weighted by Crippen LogP contribution is 2.27. The summed E-state index contributed by atoms with van der Waals surface area (Å²) < 4.78 is 5.42. The molecule has 7 heteroatoms. The highest BCUT2D eigenvalue weighted by Gasteiger charge is 2.21. The van der Waals surface area contributed by atoms with E-state index in [-0.39, 0.29) is 11.8 Å². The van der Waals surface area contributed by atoms with Gasteiger partial charge in [0.25, 0.3) is 11.8 Å². The van der Waals surface area contributed by atoms with Gasteiger partial charge in [0.2, 0.25) is 0 Å². The molecule has 2 saturated heterocycles. The van der Waals surface area contributed by atoms with Crippen LogP contribution in [0.1, 0.15) is 33.6 Å². The second-order valence-electron chi connectivity index (χ2n) is 7.03. The normalized spacial score (nSPS) is 16.9. The van der Waals surface area contributed by atoms with Crippen molar-refractivity contribution < 1.29 is 14.3 Å². The maximum absolute atomic E-state index is 12.8. The molecular weight excluding hydrogens is 356 g/mol. The number of pyridine rings is 1. The third kappa shape index (κ3) is 3.99. The van der Waals surface area contributed by atoms with Crippen molar-refractivity contribution in [2.75, 3.05) is 49.6 Å². The summed E-state index contributed by atoms with van der Waals surface area (Å²) in [6.45, 7) is 4.45. The molecule has 0 unspecified atom stereocenters. The van der Waals surface area contributed by atoms with Crippen LogP contribution in [0.15, 0.2) is 42.7 Å². The summed E-state index contributed by atoms with van der Waals surface area (Å²) in [6, 6.07) is 9.35. The number of likely N-dealkylation sites (tertiary alicyclic amines) is 1. The number of nitrogens with one attached hydrogen (secondary N) is 1. The van der Waals surface area contributed by atoms with Crippen molar-refractivity contribution in [3.8, 4) is 0 Å². The molecular formula is C21H24N4O3. The number of morpholine rings is 1. The number of aromatic nitrogens is 1. The van der Waals surface area contributed by atoms with Gasteiger partial charge in [-0.3, -0.25) is 14.6 Å². The maximum atomic E-state index is 12.8. The number of hydrogen-bond acceptors (Lipinski definition) is 5. The van der Waals surface area contributed by atoms with E-state index in [2.05, 4.69) is 15.2 Å². The number of amides is 2. The lowest BCUT2D eigenvalue weighted by atomic mass is 10.1. The Morgan fingerprint density at radius 3 is 2.46 bits per heavy atom. The Bertz CT molecular complexity index is 858. The molecule has 0 atom stereocenters. The summed E-state index contributed by atoms with van der Waals surface area (Å²) in [4.78, 5) is 33.5. The van der Waals surface area contributed by atoms with Gasteiger partial charge in [0, 0.05) is 38.6 Å². The van der Waals surface area contributed by atoms with Crippen LogP contribution in [0.5, 0.6) is 0 Å². The van der Waals surface area contributed by atoms with E-state index >= 15 is 0 Å². The van der Waals surface area contributed by atoms with E-state index in [9.17, 15) is 9.59 Å². The molecule has 1 N–H and O–H groups in total. The fourth-order valence-electron chi connectivity index (χ4n) is 3.64. The van der Waals surface area contributed by atoms with Crippen LogP contribution >= 0.6 is 0 Å². The quantitative estimate of drug-likeness (QED) is 0.882. The largest absolute Gasteiger partial charge is 0.378 e. The fraction of sp³-hybridized carbons (Fsp3) is 0.381. The Morgan fingerprint density at radius 1 is 0.964 bits per heavy atom. The molecule has 2 aliphatic rings. The topological polar surface area (TPSA) is 74.8 Å². The average Bonchev–Trinajstić information content (AvgIpc) is 3.29. The zero-order chi connectivity index (χ0) is 19.3. The van der Waals surface area contributed by atoms with Crippen molar-refractivity contribution in [1.29, 1.82) is 0 Å². The molecule has 28 heavy (non-hydrogen) atoms. The summed E-state index contributed by atoms with van der Waals surface area (Å²) in [6.07, 6.45) is 5.07. The van der Waals surface area contributed by atoms with Crippen LogP contribution in [0.2, 0.25) is 0 Å². The lowest BCUT2D eigenvalue weighted by molar-refractivity contribution is 0.0792. The molecule has 146 valence electrons. The first kappa shape index (κ1) is 18.4. The van der Waals surface area contributed by atoms with E-state index in [1.807, 2.05) is 29.2 Å². The van der Waals surface area contributed by atoms with E-state index < -0.39 is 0 Å². The third-order valence-corrected chi connectivity index (χ3v) is 5.14. The molecule has 2 amide bonds. The van der Waals surface area contributed by atoms with Gasteiger partial charge in [-0.1, -0.05) is 12.1 Å². The van der Waals surface area contributed by atoms with Gasteiger partial charge in [0.15, 0.2) is 0 Å². The number of carbonyl (C=O) groups excluding carboxylic acids is 2. The molecule has 3 heterocycles. The number of ether oxygens (including phenoxy) is 1. The van der Waals surface area contributed by atoms with Crippen LogP contribution in [0, 0.1) is 0 Å². The highest BCUT2D eigenvalue weighted by molar-refractivity contribution is 6.07. The monoisotopic (exact) mass is 380 g/mol. The van der Waals surface area contributed by atoms with Gasteiger partial charge in [-0.2, -0.15) is 0 Å². The standard InChI is InChI=1S/C21H24N4O3/c26-20(16-13-17(15-22-14-16)21(27)25-7-3-4-8-25)23-18-5-1-2-6-19(18)24-9-11-28-12-10-24/h1-2,5-6,13-15H,3-4,7-12H2,(H,23,26). The second-order valence-corrected chi connectivity index (χ2v) is 7.03. The fourth-order valence-corrected chi connectivity index (χ4v) is 3.64.